The molecule has 0 fully saturated rings. The van der Waals surface area contributed by atoms with E-state index >= 15 is 0 Å². The molecular formula is C15H28N6. The lowest BCUT2D eigenvalue weighted by Gasteiger charge is -2.09. The smallest absolute Gasteiger partial charge is 0.0998 e. The average Bonchev–Trinajstić information content (AvgIpc) is 3.16. The Morgan fingerprint density at radius 1 is 1.14 bits per heavy atom. The van der Waals surface area contributed by atoms with Crippen molar-refractivity contribution in [1.29, 1.82) is 0 Å². The third-order valence-corrected chi connectivity index (χ3v) is 3.23. The normalized spacial score (nSPS) is 22.6. The van der Waals surface area contributed by atoms with Gasteiger partial charge in [0.15, 0.2) is 0 Å². The molecule has 3 aliphatic heterocycles. The molecule has 6 nitrogen and oxygen atoms in total. The molecule has 0 aromatic heterocycles. The van der Waals surface area contributed by atoms with Crippen molar-refractivity contribution in [1.82, 2.24) is 15.5 Å². The van der Waals surface area contributed by atoms with Gasteiger partial charge in [0.2, 0.25) is 0 Å². The summed E-state index contributed by atoms with van der Waals surface area (Å²) in [4.78, 5) is 14.4. The third kappa shape index (κ3) is 6.92. The van der Waals surface area contributed by atoms with Gasteiger partial charge in [-0.25, -0.2) is 0 Å². The zero-order valence-electron chi connectivity index (χ0n) is 13.7. The molecule has 2 N–H and O–H groups in total. The Morgan fingerprint density at radius 2 is 1.90 bits per heavy atom. The van der Waals surface area contributed by atoms with E-state index in [2.05, 4.69) is 39.1 Å². The first kappa shape index (κ1) is 17.2. The SMILES string of the molecule is C=CN1CCN=C1C.CC1=NC(C)CN1.CC1=NCCN1. The highest BCUT2D eigenvalue weighted by atomic mass is 15.2. The molecule has 3 heterocycles. The Balaban J connectivity index is 0.000000159. The molecule has 0 radical (unpaired) electrons. The van der Waals surface area contributed by atoms with Crippen molar-refractivity contribution in [3.8, 4) is 0 Å². The second kappa shape index (κ2) is 9.15. The molecule has 0 amide bonds. The second-order valence-electron chi connectivity index (χ2n) is 5.14. The summed E-state index contributed by atoms with van der Waals surface area (Å²) in [7, 11) is 0. The van der Waals surface area contributed by atoms with E-state index in [0.29, 0.717) is 6.04 Å². The molecule has 0 saturated carbocycles. The van der Waals surface area contributed by atoms with Gasteiger partial charge in [-0.1, -0.05) is 6.58 Å². The minimum absolute atomic E-state index is 0.500. The van der Waals surface area contributed by atoms with Gasteiger partial charge in [0, 0.05) is 19.6 Å². The van der Waals surface area contributed by atoms with Crippen LogP contribution in [0.15, 0.2) is 27.8 Å². The molecule has 3 aliphatic rings. The summed E-state index contributed by atoms with van der Waals surface area (Å²) in [5.41, 5.74) is 0. The highest BCUT2D eigenvalue weighted by molar-refractivity contribution is 5.82. The maximum Gasteiger partial charge on any atom is 0.0998 e. The van der Waals surface area contributed by atoms with Crippen molar-refractivity contribution in [3.05, 3.63) is 12.8 Å². The first-order valence-corrected chi connectivity index (χ1v) is 7.46. The van der Waals surface area contributed by atoms with Crippen molar-refractivity contribution in [3.63, 3.8) is 0 Å². The zero-order valence-corrected chi connectivity index (χ0v) is 13.7. The average molecular weight is 292 g/mol. The lowest BCUT2D eigenvalue weighted by atomic mass is 10.4. The predicted octanol–water partition coefficient (Wildman–Crippen LogP) is 1.27. The van der Waals surface area contributed by atoms with Gasteiger partial charge in [-0.3, -0.25) is 15.0 Å². The molecule has 0 aromatic carbocycles. The van der Waals surface area contributed by atoms with E-state index in [4.69, 9.17) is 0 Å². The van der Waals surface area contributed by atoms with E-state index in [1.165, 1.54) is 0 Å². The van der Waals surface area contributed by atoms with E-state index in [1.807, 2.05) is 31.9 Å². The largest absolute Gasteiger partial charge is 0.372 e. The van der Waals surface area contributed by atoms with Crippen LogP contribution in [0, 0.1) is 0 Å². The lowest BCUT2D eigenvalue weighted by molar-refractivity contribution is 0.610. The molecule has 0 spiro atoms. The van der Waals surface area contributed by atoms with Gasteiger partial charge in [-0.15, -0.1) is 0 Å². The number of nitrogens with one attached hydrogen (secondary N) is 2. The van der Waals surface area contributed by atoms with Gasteiger partial charge in [0.05, 0.1) is 36.6 Å². The van der Waals surface area contributed by atoms with Crippen LogP contribution < -0.4 is 10.6 Å². The number of aliphatic imine (C=N–C) groups is 3. The van der Waals surface area contributed by atoms with Gasteiger partial charge in [0.25, 0.3) is 0 Å². The summed E-state index contributed by atoms with van der Waals surface area (Å²) in [6.07, 6.45) is 1.81. The monoisotopic (exact) mass is 292 g/mol. The number of hydrogen-bond acceptors (Lipinski definition) is 6. The van der Waals surface area contributed by atoms with Gasteiger partial charge in [-0.05, 0) is 33.9 Å². The molecule has 6 heteroatoms. The van der Waals surface area contributed by atoms with E-state index < -0.39 is 0 Å². The van der Waals surface area contributed by atoms with Crippen LogP contribution in [0.1, 0.15) is 27.7 Å². The standard InChI is InChI=1S/C6H10N2.C5H10N2.C4H8N2/c1-3-8-5-4-7-6(8)2;1-4-3-6-5(2)7-4;1-4-5-2-3-6-4/h3H,1,4-5H2,2H3;4H,3H2,1-2H3,(H,6,7);2-3H2,1H3,(H,5,6). The van der Waals surface area contributed by atoms with E-state index in [-0.39, 0.29) is 0 Å². The maximum atomic E-state index is 4.19. The Kier molecular flexibility index (Phi) is 7.50. The van der Waals surface area contributed by atoms with Crippen LogP contribution in [0.3, 0.4) is 0 Å². The summed E-state index contributed by atoms with van der Waals surface area (Å²) in [6.45, 7) is 16.7. The fourth-order valence-electron chi connectivity index (χ4n) is 2.03. The molecule has 1 atom stereocenters. The molecule has 0 aromatic rings. The van der Waals surface area contributed by atoms with Crippen molar-refractivity contribution >= 4 is 17.5 Å². The Labute approximate surface area is 128 Å². The highest BCUT2D eigenvalue weighted by Gasteiger charge is 2.06. The lowest BCUT2D eigenvalue weighted by Crippen LogP contribution is -2.17. The molecule has 118 valence electrons. The predicted molar refractivity (Wildman–Crippen MR) is 91.4 cm³/mol. The molecule has 0 bridgehead atoms. The van der Waals surface area contributed by atoms with Gasteiger partial charge >= 0.3 is 0 Å². The summed E-state index contributed by atoms with van der Waals surface area (Å²) in [6, 6.07) is 0.500. The minimum atomic E-state index is 0.500. The van der Waals surface area contributed by atoms with E-state index in [9.17, 15) is 0 Å². The van der Waals surface area contributed by atoms with Crippen LogP contribution >= 0.6 is 0 Å². The van der Waals surface area contributed by atoms with Crippen LogP contribution in [0.5, 0.6) is 0 Å². The quantitative estimate of drug-likeness (QED) is 0.765. The fourth-order valence-corrected chi connectivity index (χ4v) is 2.03. The molecule has 3 rings (SSSR count). The number of amidine groups is 3. The maximum absolute atomic E-state index is 4.19. The Bertz CT molecular complexity index is 424. The highest BCUT2D eigenvalue weighted by Crippen LogP contribution is 1.99. The number of rotatable bonds is 1. The van der Waals surface area contributed by atoms with E-state index in [0.717, 1.165) is 50.2 Å². The summed E-state index contributed by atoms with van der Waals surface area (Å²) >= 11 is 0. The summed E-state index contributed by atoms with van der Waals surface area (Å²) in [5.74, 6) is 3.24. The van der Waals surface area contributed by atoms with Crippen LogP contribution in [-0.4, -0.2) is 61.2 Å². The number of hydrogen-bond donors (Lipinski definition) is 2. The Hall–Kier alpha value is -1.85. The second-order valence-corrected chi connectivity index (χ2v) is 5.14. The van der Waals surface area contributed by atoms with Crippen molar-refractivity contribution in [2.24, 2.45) is 15.0 Å². The third-order valence-electron chi connectivity index (χ3n) is 3.23. The Morgan fingerprint density at radius 3 is 2.10 bits per heavy atom. The molecule has 1 unspecified atom stereocenters. The molecule has 21 heavy (non-hydrogen) atoms. The van der Waals surface area contributed by atoms with Crippen molar-refractivity contribution in [2.45, 2.75) is 33.7 Å². The summed E-state index contributed by atoms with van der Waals surface area (Å²) < 4.78 is 0. The molecule has 0 aliphatic carbocycles. The first-order chi connectivity index (χ1) is 10.0. The fraction of sp³-hybridized carbons (Fsp3) is 0.667. The van der Waals surface area contributed by atoms with Crippen LogP contribution in [0.4, 0.5) is 0 Å². The first-order valence-electron chi connectivity index (χ1n) is 7.46. The molecule has 0 saturated heterocycles. The van der Waals surface area contributed by atoms with Crippen LogP contribution in [0.2, 0.25) is 0 Å². The van der Waals surface area contributed by atoms with E-state index in [1.54, 1.807) is 0 Å². The zero-order chi connectivity index (χ0) is 15.7. The van der Waals surface area contributed by atoms with Crippen molar-refractivity contribution in [2.75, 3.05) is 32.7 Å². The van der Waals surface area contributed by atoms with Gasteiger partial charge in [-0.2, -0.15) is 0 Å². The molecular weight excluding hydrogens is 264 g/mol. The van der Waals surface area contributed by atoms with Crippen LogP contribution in [0.25, 0.3) is 0 Å². The summed E-state index contributed by atoms with van der Waals surface area (Å²) in [5, 5.41) is 6.19. The number of nitrogens with zero attached hydrogens (tertiary/aromatic N) is 4. The van der Waals surface area contributed by atoms with Gasteiger partial charge in [0.1, 0.15) is 0 Å². The topological polar surface area (TPSA) is 64.4 Å². The minimum Gasteiger partial charge on any atom is -0.372 e. The van der Waals surface area contributed by atoms with Crippen LogP contribution in [-0.2, 0) is 0 Å². The van der Waals surface area contributed by atoms with Gasteiger partial charge < -0.3 is 15.5 Å². The van der Waals surface area contributed by atoms with Crippen molar-refractivity contribution < 1.29 is 0 Å².